The van der Waals surface area contributed by atoms with Gasteiger partial charge in [-0.2, -0.15) is 0 Å². The lowest BCUT2D eigenvalue weighted by molar-refractivity contribution is 0.0698. The van der Waals surface area contributed by atoms with Crippen molar-refractivity contribution in [3.8, 4) is 0 Å². The summed E-state index contributed by atoms with van der Waals surface area (Å²) in [5, 5.41) is 12.6. The van der Waals surface area contributed by atoms with Crippen molar-refractivity contribution in [1.82, 2.24) is 9.38 Å². The van der Waals surface area contributed by atoms with Crippen molar-refractivity contribution in [2.75, 3.05) is 23.3 Å². The van der Waals surface area contributed by atoms with E-state index in [1.165, 1.54) is 28.2 Å². The highest BCUT2D eigenvalue weighted by Gasteiger charge is 2.30. The Bertz CT molecular complexity index is 1430. The van der Waals surface area contributed by atoms with Crippen LogP contribution in [0.25, 0.3) is 5.65 Å². The molecule has 4 aromatic rings. The van der Waals surface area contributed by atoms with Crippen molar-refractivity contribution >= 4 is 23.1 Å². The molecule has 1 unspecified atom stereocenters. The summed E-state index contributed by atoms with van der Waals surface area (Å²) in [5.74, 6) is -0.736. The van der Waals surface area contributed by atoms with Crippen LogP contribution in [0.5, 0.6) is 0 Å². The number of carbonyl (C=O) groups is 1. The molecule has 1 fully saturated rings. The van der Waals surface area contributed by atoms with Gasteiger partial charge in [-0.3, -0.25) is 9.20 Å². The number of carboxylic acid groups (broad SMARTS) is 1. The number of rotatable bonds is 6. The Balaban J connectivity index is 1.48. The molecule has 2 aromatic heterocycles. The Labute approximate surface area is 195 Å². The molecule has 0 radical (unpaired) electrons. The lowest BCUT2D eigenvalue weighted by atomic mass is 9.91. The van der Waals surface area contributed by atoms with Gasteiger partial charge in [-0.05, 0) is 30.7 Å². The summed E-state index contributed by atoms with van der Waals surface area (Å²) in [7, 11) is 0. The van der Waals surface area contributed by atoms with Crippen LogP contribution < -0.4 is 15.8 Å². The second-order valence-corrected chi connectivity index (χ2v) is 8.49. The number of aromatic carboxylic acids is 1. The second-order valence-electron chi connectivity index (χ2n) is 8.49. The molecule has 0 amide bonds. The lowest BCUT2D eigenvalue weighted by Crippen LogP contribution is -2.46. The number of hydrogen-bond acceptors (Lipinski definition) is 5. The van der Waals surface area contributed by atoms with Gasteiger partial charge in [0.05, 0.1) is 11.6 Å². The number of pyridine rings is 1. The molecule has 0 saturated carbocycles. The van der Waals surface area contributed by atoms with E-state index in [9.17, 15) is 19.1 Å². The normalized spacial score (nSPS) is 14.6. The Morgan fingerprint density at radius 1 is 1.12 bits per heavy atom. The van der Waals surface area contributed by atoms with Gasteiger partial charge < -0.3 is 15.3 Å². The highest BCUT2D eigenvalue weighted by Crippen LogP contribution is 2.31. The average molecular weight is 458 g/mol. The van der Waals surface area contributed by atoms with Gasteiger partial charge in [0.1, 0.15) is 17.3 Å². The van der Waals surface area contributed by atoms with Crippen LogP contribution in [-0.4, -0.2) is 33.6 Å². The molecule has 1 aliphatic rings. The van der Waals surface area contributed by atoms with E-state index in [0.29, 0.717) is 28.6 Å². The minimum Gasteiger partial charge on any atom is -0.478 e. The third kappa shape index (κ3) is 3.98. The largest absolute Gasteiger partial charge is 0.478 e. The summed E-state index contributed by atoms with van der Waals surface area (Å²) in [4.78, 5) is 31.2. The number of nitrogens with one attached hydrogen (secondary N) is 1. The van der Waals surface area contributed by atoms with Crippen molar-refractivity contribution in [3.05, 3.63) is 106 Å². The van der Waals surface area contributed by atoms with Crippen molar-refractivity contribution in [3.63, 3.8) is 0 Å². The fourth-order valence-corrected chi connectivity index (χ4v) is 4.37. The molecule has 1 aliphatic heterocycles. The topological polar surface area (TPSA) is 86.9 Å². The molecule has 7 nitrogen and oxygen atoms in total. The molecule has 172 valence electrons. The van der Waals surface area contributed by atoms with Gasteiger partial charge in [0.15, 0.2) is 0 Å². The van der Waals surface area contributed by atoms with Crippen LogP contribution in [0.1, 0.15) is 40.4 Å². The standard InChI is InChI=1S/C26H23FN4O3/c1-16(28-22-10-6-5-9-20(22)26(33)34)21-11-19(27)15-31-24(32)12-23(29-25(21)31)30-13-18(14-30)17-7-3-2-4-8-17/h2-12,15-16,18,28H,13-14H2,1H3,(H,33,34). The van der Waals surface area contributed by atoms with Crippen molar-refractivity contribution < 1.29 is 14.3 Å². The van der Waals surface area contributed by atoms with E-state index in [2.05, 4.69) is 17.4 Å². The van der Waals surface area contributed by atoms with Crippen LogP contribution in [0.2, 0.25) is 0 Å². The molecule has 0 spiro atoms. The molecule has 1 atom stereocenters. The van der Waals surface area contributed by atoms with Crippen LogP contribution in [0.3, 0.4) is 0 Å². The quantitative estimate of drug-likeness (QED) is 0.448. The van der Waals surface area contributed by atoms with Crippen LogP contribution in [0.15, 0.2) is 77.7 Å². The molecule has 8 heteroatoms. The van der Waals surface area contributed by atoms with E-state index in [-0.39, 0.29) is 11.1 Å². The Kier molecular flexibility index (Phi) is 5.49. The fourth-order valence-electron chi connectivity index (χ4n) is 4.37. The van der Waals surface area contributed by atoms with Gasteiger partial charge in [-0.15, -0.1) is 0 Å². The van der Waals surface area contributed by atoms with E-state index in [1.807, 2.05) is 23.1 Å². The lowest BCUT2D eigenvalue weighted by Gasteiger charge is -2.40. The minimum absolute atomic E-state index is 0.105. The summed E-state index contributed by atoms with van der Waals surface area (Å²) in [6.07, 6.45) is 1.12. The third-order valence-electron chi connectivity index (χ3n) is 6.22. The third-order valence-corrected chi connectivity index (χ3v) is 6.22. The Hall–Kier alpha value is -4.20. The van der Waals surface area contributed by atoms with Crippen molar-refractivity contribution in [1.29, 1.82) is 0 Å². The zero-order chi connectivity index (χ0) is 23.8. The van der Waals surface area contributed by atoms with Crippen molar-refractivity contribution in [2.45, 2.75) is 18.9 Å². The summed E-state index contributed by atoms with van der Waals surface area (Å²) >= 11 is 0. The van der Waals surface area contributed by atoms with Gasteiger partial charge in [0.2, 0.25) is 0 Å². The number of anilines is 2. The first kappa shape index (κ1) is 21.6. The molecule has 0 aliphatic carbocycles. The van der Waals surface area contributed by atoms with Crippen LogP contribution in [0, 0.1) is 5.82 Å². The number of hydrogen-bond donors (Lipinski definition) is 2. The smallest absolute Gasteiger partial charge is 0.337 e. The molecular weight excluding hydrogens is 435 g/mol. The summed E-state index contributed by atoms with van der Waals surface area (Å²) in [6, 6.07) is 18.9. The van der Waals surface area contributed by atoms with Crippen molar-refractivity contribution in [2.24, 2.45) is 0 Å². The average Bonchev–Trinajstić information content (AvgIpc) is 2.79. The number of benzene rings is 2. The maximum atomic E-state index is 14.4. The summed E-state index contributed by atoms with van der Waals surface area (Å²) in [5.41, 5.74) is 2.17. The molecule has 1 saturated heterocycles. The van der Waals surface area contributed by atoms with E-state index in [4.69, 9.17) is 4.98 Å². The highest BCUT2D eigenvalue weighted by molar-refractivity contribution is 5.94. The summed E-state index contributed by atoms with van der Waals surface area (Å²) in [6.45, 7) is 3.26. The molecule has 5 rings (SSSR count). The van der Waals surface area contributed by atoms with Gasteiger partial charge in [-0.25, -0.2) is 14.2 Å². The van der Waals surface area contributed by atoms with Gasteiger partial charge >= 0.3 is 5.97 Å². The fraction of sp³-hybridized carbons (Fsp3) is 0.192. The molecule has 2 aromatic carbocycles. The molecule has 34 heavy (non-hydrogen) atoms. The predicted octanol–water partition coefficient (Wildman–Crippen LogP) is 4.31. The minimum atomic E-state index is -1.07. The van der Waals surface area contributed by atoms with Crippen LogP contribution in [0.4, 0.5) is 15.9 Å². The number of aromatic nitrogens is 2. The number of para-hydroxylation sites is 1. The van der Waals surface area contributed by atoms with Gasteiger partial charge in [0, 0.05) is 42.5 Å². The summed E-state index contributed by atoms with van der Waals surface area (Å²) < 4.78 is 15.6. The monoisotopic (exact) mass is 458 g/mol. The van der Waals surface area contributed by atoms with E-state index >= 15 is 0 Å². The highest BCUT2D eigenvalue weighted by atomic mass is 19.1. The zero-order valence-corrected chi connectivity index (χ0v) is 18.5. The Morgan fingerprint density at radius 3 is 2.56 bits per heavy atom. The van der Waals surface area contributed by atoms with Crippen LogP contribution in [-0.2, 0) is 0 Å². The van der Waals surface area contributed by atoms with E-state index in [1.54, 1.807) is 25.1 Å². The number of fused-ring (bicyclic) bond motifs is 1. The molecule has 0 bridgehead atoms. The second kappa shape index (κ2) is 8.62. The van der Waals surface area contributed by atoms with Gasteiger partial charge in [-0.1, -0.05) is 42.5 Å². The maximum absolute atomic E-state index is 14.4. The first-order valence-electron chi connectivity index (χ1n) is 11.0. The molecule has 2 N–H and O–H groups in total. The zero-order valence-electron chi connectivity index (χ0n) is 18.5. The first-order chi connectivity index (χ1) is 16.4. The maximum Gasteiger partial charge on any atom is 0.337 e. The number of carboxylic acids is 1. The van der Waals surface area contributed by atoms with Crippen LogP contribution >= 0.6 is 0 Å². The SMILES string of the molecule is CC(Nc1ccccc1C(=O)O)c1cc(F)cn2c(=O)cc(N3CC(c4ccccc4)C3)nc12. The van der Waals surface area contributed by atoms with Gasteiger partial charge in [0.25, 0.3) is 5.56 Å². The predicted molar refractivity (Wildman–Crippen MR) is 128 cm³/mol. The number of halogens is 1. The van der Waals surface area contributed by atoms with E-state index < -0.39 is 17.8 Å². The number of nitrogens with zero attached hydrogens (tertiary/aromatic N) is 3. The molecular formula is C26H23FN4O3. The molecule has 3 heterocycles. The first-order valence-corrected chi connectivity index (χ1v) is 11.0. The Morgan fingerprint density at radius 2 is 1.82 bits per heavy atom. The van der Waals surface area contributed by atoms with E-state index in [0.717, 1.165) is 19.3 Å².